The Balaban J connectivity index is 1.95. The van der Waals surface area contributed by atoms with Gasteiger partial charge in [0.1, 0.15) is 36.1 Å². The van der Waals surface area contributed by atoms with Crippen molar-refractivity contribution in [1.29, 1.82) is 0 Å². The third-order valence-corrected chi connectivity index (χ3v) is 8.30. The Morgan fingerprint density at radius 2 is 1.85 bits per heavy atom. The average Bonchev–Trinajstić information content (AvgIpc) is 2.89. The zero-order chi connectivity index (χ0) is 30.5. The summed E-state index contributed by atoms with van der Waals surface area (Å²) in [6, 6.07) is -0.656. The zero-order valence-corrected chi connectivity index (χ0v) is 23.1. The van der Waals surface area contributed by atoms with Gasteiger partial charge in [0.05, 0.1) is 17.6 Å². The van der Waals surface area contributed by atoms with Crippen molar-refractivity contribution in [2.45, 2.75) is 37.1 Å². The molecule has 0 aliphatic heterocycles. The van der Waals surface area contributed by atoms with E-state index < -0.39 is 83.1 Å². The van der Waals surface area contributed by atoms with Gasteiger partial charge in [0.15, 0.2) is 11.4 Å². The number of allylic oxidation sites excluding steroid dienone is 1. The monoisotopic (exact) mass is 577 g/mol. The lowest BCUT2D eigenvalue weighted by molar-refractivity contribution is -0.144. The number of likely N-dealkylation sites (N-methyl/N-ethyl adjacent to an activating group) is 1. The minimum atomic E-state index is -2.76. The Hall–Kier alpha value is -3.75. The quantitative estimate of drug-likeness (QED) is 0.208. The van der Waals surface area contributed by atoms with Gasteiger partial charge in [-0.3, -0.25) is 19.3 Å². The van der Waals surface area contributed by atoms with Crippen LogP contribution in [0.2, 0.25) is 0 Å². The predicted octanol–water partition coefficient (Wildman–Crippen LogP) is 0.792. The van der Waals surface area contributed by atoms with Crippen molar-refractivity contribution in [3.8, 4) is 5.75 Å². The number of nitrogens with one attached hydrogen (secondary N) is 1. The molecule has 0 heterocycles. The fourth-order valence-electron chi connectivity index (χ4n) is 6.41. The first-order valence-electron chi connectivity index (χ1n) is 13.0. The lowest BCUT2D eigenvalue weighted by atomic mass is 9.58. The minimum absolute atomic E-state index is 0.0632. The van der Waals surface area contributed by atoms with E-state index >= 15 is 0 Å². The summed E-state index contributed by atoms with van der Waals surface area (Å²) >= 11 is 0. The summed E-state index contributed by atoms with van der Waals surface area (Å²) in [6.07, 6.45) is 0.0300. The number of aliphatic hydroxyl groups is 2. The number of ketones is 2. The van der Waals surface area contributed by atoms with E-state index in [9.17, 15) is 43.4 Å². The minimum Gasteiger partial charge on any atom is -0.510 e. The number of nitroso groups, excluding NO2 is 1. The van der Waals surface area contributed by atoms with Gasteiger partial charge in [0, 0.05) is 43.4 Å². The van der Waals surface area contributed by atoms with Crippen molar-refractivity contribution in [3.05, 3.63) is 50.3 Å². The molecule has 4 rings (SSSR count). The summed E-state index contributed by atoms with van der Waals surface area (Å²) in [5, 5.41) is 39.5. The van der Waals surface area contributed by atoms with Gasteiger partial charge in [0.25, 0.3) is 5.91 Å². The Labute approximate surface area is 234 Å². The van der Waals surface area contributed by atoms with E-state index in [-0.39, 0.29) is 36.1 Å². The summed E-state index contributed by atoms with van der Waals surface area (Å²) in [5.74, 6) is -6.60. The van der Waals surface area contributed by atoms with Crippen LogP contribution in [0.4, 0.5) is 14.5 Å². The van der Waals surface area contributed by atoms with Crippen LogP contribution in [0, 0.1) is 16.7 Å². The number of amides is 1. The summed E-state index contributed by atoms with van der Waals surface area (Å²) in [4.78, 5) is 55.3. The molecule has 0 radical (unpaired) electrons. The molecule has 3 aliphatic carbocycles. The maximum atomic E-state index is 14.1. The molecule has 6 N–H and O–H groups in total. The first-order chi connectivity index (χ1) is 19.3. The number of primary amides is 1. The highest BCUT2D eigenvalue weighted by atomic mass is 19.1. The van der Waals surface area contributed by atoms with Gasteiger partial charge in [-0.05, 0) is 49.7 Å². The van der Waals surface area contributed by atoms with E-state index in [1.807, 2.05) is 0 Å². The second kappa shape index (κ2) is 10.9. The van der Waals surface area contributed by atoms with Crippen molar-refractivity contribution >= 4 is 23.2 Å². The molecule has 14 heteroatoms. The van der Waals surface area contributed by atoms with E-state index in [0.29, 0.717) is 11.3 Å². The maximum absolute atomic E-state index is 14.1. The van der Waals surface area contributed by atoms with Gasteiger partial charge in [-0.25, -0.2) is 8.78 Å². The molecule has 0 spiro atoms. The lowest BCUT2D eigenvalue weighted by Crippen LogP contribution is -2.63. The number of carbonyl (C=O) groups is 3. The Kier molecular flexibility index (Phi) is 8.04. The van der Waals surface area contributed by atoms with Crippen LogP contribution in [0.25, 0.3) is 0 Å². The van der Waals surface area contributed by atoms with Gasteiger partial charge in [-0.1, -0.05) is 0 Å². The van der Waals surface area contributed by atoms with Crippen LogP contribution in [-0.2, 0) is 22.6 Å². The van der Waals surface area contributed by atoms with Crippen molar-refractivity contribution in [1.82, 2.24) is 10.2 Å². The molecule has 222 valence electrons. The average molecular weight is 578 g/mol. The van der Waals surface area contributed by atoms with Gasteiger partial charge in [-0.15, -0.1) is 4.91 Å². The van der Waals surface area contributed by atoms with Crippen LogP contribution in [0.3, 0.4) is 0 Å². The number of anilines is 1. The standard InChI is InChI=1S/C27H33F2N5O7/c1-33(2)16-7-12(10-31-13(8-28)9-29)21(35)18-14(16)5-11-6-15-20(34(3)4)23(37)19(26(30)39)25(38)27(15,40)24(32-41)17(11)22(18)36/h7,11,13,15,20,31,35,37,40H,5-6,8-10H2,1-4H3,(H2,30,39)/t11-,15-,20?,27-/m0/s1. The van der Waals surface area contributed by atoms with Crippen molar-refractivity contribution < 1.29 is 38.5 Å². The molecule has 1 aromatic carbocycles. The predicted molar refractivity (Wildman–Crippen MR) is 144 cm³/mol. The van der Waals surface area contributed by atoms with Crippen molar-refractivity contribution in [2.24, 2.45) is 22.7 Å². The van der Waals surface area contributed by atoms with Gasteiger partial charge in [0.2, 0.25) is 5.78 Å². The lowest BCUT2D eigenvalue weighted by Gasteiger charge is -2.50. The van der Waals surface area contributed by atoms with Gasteiger partial charge in [-0.2, -0.15) is 0 Å². The first kappa shape index (κ1) is 30.2. The van der Waals surface area contributed by atoms with E-state index in [4.69, 9.17) is 5.73 Å². The number of phenols is 1. The highest BCUT2D eigenvalue weighted by Crippen LogP contribution is 2.54. The Morgan fingerprint density at radius 1 is 1.22 bits per heavy atom. The third kappa shape index (κ3) is 4.50. The first-order valence-corrected chi connectivity index (χ1v) is 13.0. The largest absolute Gasteiger partial charge is 0.510 e. The molecule has 4 atom stereocenters. The molecular formula is C27H33F2N5O7. The number of alkyl halides is 2. The maximum Gasteiger partial charge on any atom is 0.255 e. The van der Waals surface area contributed by atoms with Crippen molar-refractivity contribution in [2.75, 3.05) is 46.4 Å². The Bertz CT molecular complexity index is 1390. The third-order valence-electron chi connectivity index (χ3n) is 8.30. The fraction of sp³-hybridized carbons (Fsp3) is 0.519. The normalized spacial score (nSPS) is 25.8. The molecular weight excluding hydrogens is 544 g/mol. The summed E-state index contributed by atoms with van der Waals surface area (Å²) in [5.41, 5.74) is 1.53. The number of fused-ring (bicyclic) bond motifs is 3. The van der Waals surface area contributed by atoms with Gasteiger partial charge < -0.3 is 31.3 Å². The summed E-state index contributed by atoms with van der Waals surface area (Å²) < 4.78 is 26.2. The number of rotatable bonds is 9. The van der Waals surface area contributed by atoms with Crippen LogP contribution in [0.1, 0.15) is 27.9 Å². The molecule has 0 saturated carbocycles. The molecule has 12 nitrogen and oxygen atoms in total. The zero-order valence-electron chi connectivity index (χ0n) is 23.1. The second-order valence-electron chi connectivity index (χ2n) is 11.1. The molecule has 1 unspecified atom stereocenters. The second-order valence-corrected chi connectivity index (χ2v) is 11.1. The van der Waals surface area contributed by atoms with Crippen LogP contribution >= 0.6 is 0 Å². The molecule has 0 aromatic heterocycles. The number of phenolic OH excluding ortho intramolecular Hbond substituents is 1. The summed E-state index contributed by atoms with van der Waals surface area (Å²) in [7, 11) is 6.50. The molecule has 0 saturated heterocycles. The highest BCUT2D eigenvalue weighted by Gasteiger charge is 2.63. The van der Waals surface area contributed by atoms with Crippen molar-refractivity contribution in [3.63, 3.8) is 0 Å². The number of Topliss-reactive ketones (excluding diaryl/α,β-unsaturated/α-hetero) is 2. The van der Waals surface area contributed by atoms with Crippen LogP contribution in [-0.4, -0.2) is 96.9 Å². The Morgan fingerprint density at radius 3 is 2.37 bits per heavy atom. The molecule has 1 aromatic rings. The SMILES string of the molecule is CN(C)c1cc(CNC(CF)CF)c(O)c2c1C[C@H]1C[C@H]3C(N(C)C)C(O)=C(C(N)=O)C(=O)[C@@]3(O)C(N=O)=C1C2=O. The number of nitrogens with zero attached hydrogens (tertiary/aromatic N) is 3. The number of carbonyl (C=O) groups excluding carboxylic acids is 3. The number of benzene rings is 1. The van der Waals surface area contributed by atoms with Crippen LogP contribution in [0.15, 0.2) is 33.8 Å². The smallest absolute Gasteiger partial charge is 0.255 e. The number of hydrogen-bond acceptors (Lipinski definition) is 11. The molecule has 0 bridgehead atoms. The van der Waals surface area contributed by atoms with Crippen LogP contribution in [0.5, 0.6) is 5.75 Å². The summed E-state index contributed by atoms with van der Waals surface area (Å²) in [6.45, 7) is -2.18. The van der Waals surface area contributed by atoms with E-state index in [0.717, 1.165) is 0 Å². The molecule has 0 fully saturated rings. The van der Waals surface area contributed by atoms with E-state index in [1.54, 1.807) is 39.2 Å². The number of nitrogens with two attached hydrogens (primary N) is 1. The number of hydrogen-bond donors (Lipinski definition) is 5. The topological polar surface area (TPSA) is 186 Å². The highest BCUT2D eigenvalue weighted by molar-refractivity contribution is 6.25. The molecule has 3 aliphatic rings. The van der Waals surface area contributed by atoms with Gasteiger partial charge >= 0.3 is 0 Å². The molecule has 41 heavy (non-hydrogen) atoms. The van der Waals surface area contributed by atoms with E-state index in [1.165, 1.54) is 4.90 Å². The van der Waals surface area contributed by atoms with Crippen LogP contribution < -0.4 is 16.0 Å². The molecule has 1 amide bonds. The number of halogens is 2. The number of aromatic hydroxyl groups is 1. The number of aliphatic hydroxyl groups excluding tert-OH is 1. The fourth-order valence-corrected chi connectivity index (χ4v) is 6.41. The van der Waals surface area contributed by atoms with E-state index in [2.05, 4.69) is 10.5 Å².